The molecule has 0 unspecified atom stereocenters. The van der Waals surface area contributed by atoms with Gasteiger partial charge >= 0.3 is 23.9 Å². The second kappa shape index (κ2) is 67.0. The molecule has 5 heterocycles. The van der Waals surface area contributed by atoms with Crippen molar-refractivity contribution >= 4 is 69.0 Å². The van der Waals surface area contributed by atoms with E-state index in [2.05, 4.69) is 27.7 Å². The van der Waals surface area contributed by atoms with Crippen molar-refractivity contribution in [2.45, 2.75) is 439 Å². The molecule has 0 amide bonds. The van der Waals surface area contributed by atoms with Gasteiger partial charge in [-0.25, -0.2) is 39.1 Å². The number of allylic oxidation sites excluding steroid dienone is 12. The van der Waals surface area contributed by atoms with Gasteiger partial charge < -0.3 is 39.4 Å². The highest BCUT2D eigenvalue weighted by atomic mass is 16.5. The summed E-state index contributed by atoms with van der Waals surface area (Å²) in [5.41, 5.74) is 6.06. The van der Waals surface area contributed by atoms with E-state index in [-0.39, 0.29) is 75.4 Å². The summed E-state index contributed by atoms with van der Waals surface area (Å²) in [6, 6.07) is 20.3. The fraction of sp³-hybridized carbons (Fsp3) is 0.600. The van der Waals surface area contributed by atoms with Gasteiger partial charge in [-0.05, 0) is 145 Å². The minimum Gasteiger partial charge on any atom is -0.493 e. The minimum absolute atomic E-state index is 0.0683. The maximum Gasteiger partial charge on any atom is 0.339 e. The van der Waals surface area contributed by atoms with E-state index in [9.17, 15) is 39.6 Å². The van der Waals surface area contributed by atoms with Gasteiger partial charge in [0.05, 0.1) is 72.1 Å². The largest absolute Gasteiger partial charge is 0.493 e. The zero-order valence-electron chi connectivity index (χ0n) is 84.5. The standard InChI is InChI=1S/C120H172N4O12/c1-5-9-13-17-21-25-29-33-37-41-45-49-53-57-61-65-81-133-108-77-69-93(85-103(108)117(125)126)102-91-101-90-99-74-73-97(121-99)89-98-75-76-100(122-98)92-107-112(94-70-78-109(104(86-94)118(127)128)134-82-66-62-58-54-50-46-42-38-34-30-26-22-18-14-10-6-2)113(95-71-79-110(105(87-95)119(129)130)135-83-67-63-59-55-51-47-43-39-35-31-27-23-19-15-11-7-3)116(124-107)114(115(102)123-101)96-72-80-111(106(88-96)120(131)132)136-84-68-64-60-56-52-48-44-40-36-32-28-24-20-16-12-8-4/h69-80,85-92H,5-68,81-84H2,1-4H3,(H,125,126)(H,127,128)(H,129,130)(H,131,132). The van der Waals surface area contributed by atoms with Gasteiger partial charge in [0.15, 0.2) is 0 Å². The normalized spacial score (nSPS) is 13.9. The molecule has 0 aromatic heterocycles. The molecule has 136 heavy (non-hydrogen) atoms. The number of rotatable bonds is 80. The van der Waals surface area contributed by atoms with Crippen molar-refractivity contribution in [1.82, 2.24) is 0 Å². The van der Waals surface area contributed by atoms with Crippen molar-refractivity contribution < 1.29 is 58.6 Å². The van der Waals surface area contributed by atoms with Gasteiger partial charge in [-0.15, -0.1) is 0 Å². The Morgan fingerprint density at radius 3 is 0.750 bits per heavy atom. The van der Waals surface area contributed by atoms with Crippen molar-refractivity contribution in [2.24, 2.45) is 20.0 Å². The first-order chi connectivity index (χ1) is 66.8. The summed E-state index contributed by atoms with van der Waals surface area (Å²) in [6.45, 7) is 10.3. The first-order valence-electron chi connectivity index (χ1n) is 54.9. The average Bonchev–Trinajstić information content (AvgIpc) is 1.57. The predicted molar refractivity (Wildman–Crippen MR) is 568 cm³/mol. The maximum absolute atomic E-state index is 14.2. The van der Waals surface area contributed by atoms with Crippen molar-refractivity contribution in [2.75, 3.05) is 26.4 Å². The van der Waals surface area contributed by atoms with Gasteiger partial charge in [0.2, 0.25) is 0 Å². The topological polar surface area (TPSA) is 236 Å². The number of aliphatic imine (C=N–C) groups is 4. The predicted octanol–water partition coefficient (Wildman–Crippen LogP) is 35.0. The number of hydrogen-bond acceptors (Lipinski definition) is 12. The quantitative estimate of drug-likeness (QED) is 0.0302. The zero-order chi connectivity index (χ0) is 96.0. The number of fused-ring (bicyclic) bond motifs is 4. The summed E-state index contributed by atoms with van der Waals surface area (Å²) >= 11 is 0. The second-order valence-electron chi connectivity index (χ2n) is 39.1. The smallest absolute Gasteiger partial charge is 0.339 e. The highest BCUT2D eigenvalue weighted by molar-refractivity contribution is 6.50. The summed E-state index contributed by atoms with van der Waals surface area (Å²) in [4.78, 5) is 77.6. The van der Waals surface area contributed by atoms with E-state index in [4.69, 9.17) is 38.9 Å². The number of carbonyl (C=O) groups is 4. The number of unbranched alkanes of at least 4 members (excludes halogenated alkanes) is 60. The minimum atomic E-state index is -1.25. The molecule has 16 heteroatoms. The fourth-order valence-corrected chi connectivity index (χ4v) is 19.5. The Labute approximate surface area is 819 Å². The van der Waals surface area contributed by atoms with E-state index >= 15 is 0 Å². The lowest BCUT2D eigenvalue weighted by molar-refractivity contribution is 0.0681. The van der Waals surface area contributed by atoms with Crippen LogP contribution in [0.25, 0.3) is 22.3 Å². The Morgan fingerprint density at radius 1 is 0.235 bits per heavy atom. The lowest BCUT2D eigenvalue weighted by Crippen LogP contribution is -2.11. The van der Waals surface area contributed by atoms with Crippen LogP contribution in [0.4, 0.5) is 0 Å². The first-order valence-corrected chi connectivity index (χ1v) is 54.9. The van der Waals surface area contributed by atoms with Crippen LogP contribution in [-0.2, 0) is 0 Å². The van der Waals surface area contributed by atoms with Crippen LogP contribution in [0.2, 0.25) is 0 Å². The van der Waals surface area contributed by atoms with E-state index in [0.29, 0.717) is 86.4 Å². The molecule has 5 aliphatic rings. The van der Waals surface area contributed by atoms with Crippen molar-refractivity contribution in [1.29, 1.82) is 0 Å². The lowest BCUT2D eigenvalue weighted by atomic mass is 9.84. The van der Waals surface area contributed by atoms with Crippen LogP contribution in [0.3, 0.4) is 0 Å². The molecule has 0 radical (unpaired) electrons. The molecule has 8 bridgehead atoms. The second-order valence-corrected chi connectivity index (χ2v) is 39.1. The molecule has 0 aliphatic carbocycles. The molecule has 5 aliphatic heterocycles. The van der Waals surface area contributed by atoms with E-state index in [0.717, 1.165) is 103 Å². The number of carboxylic acid groups (broad SMARTS) is 4. The molecule has 16 nitrogen and oxygen atoms in total. The molecule has 0 saturated carbocycles. The number of aromatic carboxylic acids is 4. The Morgan fingerprint density at radius 2 is 0.471 bits per heavy atom. The molecule has 4 N–H and O–H groups in total. The molecule has 0 atom stereocenters. The molecular weight excluding hydrogens is 1690 g/mol. The summed E-state index contributed by atoms with van der Waals surface area (Å²) in [5, 5.41) is 45.8. The average molecular weight is 1860 g/mol. The summed E-state index contributed by atoms with van der Waals surface area (Å²) in [7, 11) is 0. The van der Waals surface area contributed by atoms with E-state index in [1.807, 2.05) is 60.7 Å². The number of carboxylic acids is 4. The summed E-state index contributed by atoms with van der Waals surface area (Å²) in [6.07, 6.45) is 92.9. The first kappa shape index (κ1) is 110. The molecule has 0 saturated heterocycles. The summed E-state index contributed by atoms with van der Waals surface area (Å²) < 4.78 is 25.9. The van der Waals surface area contributed by atoms with Gasteiger partial charge in [0, 0.05) is 22.3 Å². The SMILES string of the molecule is CCCCCCCCCCCCCCCCCCOc1ccc(C2=CC3=CC4=NC(=CC5=NC(=CC6=NC(=C(c7ccc(OCCCCCCCCCCCCCCCCCC)c(C(=O)O)c7)C2=N3)C(c2ccc(OCCCCCCCCCCCCCCCCCC)c(C(=O)O)c2)=C6c2ccc(OCCCCCCCCCCCCCCCCCC)c(C(=O)O)c2)C=C5)C=C4)cc1C(=O)O. The fourth-order valence-electron chi connectivity index (χ4n) is 19.5. The third kappa shape index (κ3) is 40.5. The Balaban J connectivity index is 1.07. The van der Waals surface area contributed by atoms with Gasteiger partial charge in [0.1, 0.15) is 45.3 Å². The molecule has 0 spiro atoms. The molecule has 4 aromatic rings. The van der Waals surface area contributed by atoms with Gasteiger partial charge in [-0.2, -0.15) is 0 Å². The Bertz CT molecular complexity index is 4690. The molecular formula is C120H172N4O12. The number of benzene rings is 4. The zero-order valence-corrected chi connectivity index (χ0v) is 84.5. The van der Waals surface area contributed by atoms with E-state index in [1.165, 1.54) is 308 Å². The number of nitrogens with zero attached hydrogens (tertiary/aromatic N) is 4. The maximum atomic E-state index is 14.2. The molecule has 0 fully saturated rings. The molecule has 9 rings (SSSR count). The highest BCUT2D eigenvalue weighted by Crippen LogP contribution is 2.49. The van der Waals surface area contributed by atoms with E-state index in [1.54, 1.807) is 60.7 Å². The van der Waals surface area contributed by atoms with Crippen molar-refractivity contribution in [3.05, 3.63) is 189 Å². The monoisotopic (exact) mass is 1860 g/mol. The third-order valence-corrected chi connectivity index (χ3v) is 27.5. The van der Waals surface area contributed by atoms with Crippen molar-refractivity contribution in [3.8, 4) is 23.0 Å². The van der Waals surface area contributed by atoms with Crippen LogP contribution >= 0.6 is 0 Å². The van der Waals surface area contributed by atoms with Gasteiger partial charge in [-0.1, -0.05) is 437 Å². The summed E-state index contributed by atoms with van der Waals surface area (Å²) in [5.74, 6) is -4.18. The van der Waals surface area contributed by atoms with Crippen LogP contribution in [0, 0.1) is 0 Å². The van der Waals surface area contributed by atoms with Crippen LogP contribution in [0.1, 0.15) is 502 Å². The van der Waals surface area contributed by atoms with Crippen LogP contribution in [-0.4, -0.2) is 93.6 Å². The van der Waals surface area contributed by atoms with Gasteiger partial charge in [-0.3, -0.25) is 0 Å². The Kier molecular flexibility index (Phi) is 54.3. The molecule has 4 aromatic carbocycles. The van der Waals surface area contributed by atoms with Crippen LogP contribution < -0.4 is 18.9 Å². The number of hydrogen-bond donors (Lipinski definition) is 4. The lowest BCUT2D eigenvalue weighted by Gasteiger charge is -2.20. The van der Waals surface area contributed by atoms with Gasteiger partial charge in [0.25, 0.3) is 0 Å². The Hall–Kier alpha value is -9.44. The third-order valence-electron chi connectivity index (χ3n) is 27.5. The van der Waals surface area contributed by atoms with Crippen molar-refractivity contribution in [3.63, 3.8) is 0 Å². The van der Waals surface area contributed by atoms with E-state index < -0.39 is 23.9 Å². The number of ether oxygens (including phenoxy) is 4. The van der Waals surface area contributed by atoms with Crippen LogP contribution in [0.5, 0.6) is 23.0 Å². The van der Waals surface area contributed by atoms with Crippen LogP contribution in [0.15, 0.2) is 164 Å². The highest BCUT2D eigenvalue weighted by Gasteiger charge is 2.36. The molecule has 744 valence electrons.